The smallest absolute Gasteiger partial charge is 0.225 e. The van der Waals surface area contributed by atoms with Crippen LogP contribution in [0.1, 0.15) is 37.4 Å². The standard InChI is InChI=1S/C26H28FN7OS/c27-19-4-5-24-23(15-19)29-25(22-3-1-2-10-28-22)34(24)21-8-13-33(14-9-21)26(35)18-6-11-32(12-7-18)16-20-17-36-31-30-20/h1-5,10,15,17-18,21H,6-9,11-14,16H2. The summed E-state index contributed by atoms with van der Waals surface area (Å²) in [7, 11) is 0. The summed E-state index contributed by atoms with van der Waals surface area (Å²) in [5.41, 5.74) is 3.32. The van der Waals surface area contributed by atoms with Gasteiger partial charge in [0, 0.05) is 49.2 Å². The van der Waals surface area contributed by atoms with E-state index in [4.69, 9.17) is 4.98 Å². The number of hydrogen-bond acceptors (Lipinski definition) is 7. The monoisotopic (exact) mass is 505 g/mol. The maximum Gasteiger partial charge on any atom is 0.225 e. The van der Waals surface area contributed by atoms with Crippen molar-refractivity contribution in [2.45, 2.75) is 38.3 Å². The van der Waals surface area contributed by atoms with E-state index in [1.807, 2.05) is 28.5 Å². The van der Waals surface area contributed by atoms with Crippen molar-refractivity contribution in [3.8, 4) is 11.5 Å². The molecule has 0 bridgehead atoms. The normalized spacial score (nSPS) is 18.2. The Morgan fingerprint density at radius 1 is 1.06 bits per heavy atom. The molecule has 0 radical (unpaired) electrons. The number of fused-ring (bicyclic) bond motifs is 1. The zero-order chi connectivity index (χ0) is 24.5. The molecule has 2 fully saturated rings. The Kier molecular flexibility index (Phi) is 6.45. The summed E-state index contributed by atoms with van der Waals surface area (Å²) in [6.07, 6.45) is 5.20. The van der Waals surface area contributed by atoms with Crippen molar-refractivity contribution >= 4 is 28.5 Å². The number of nitrogens with zero attached hydrogens (tertiary/aromatic N) is 7. The van der Waals surface area contributed by atoms with E-state index in [1.165, 1.54) is 23.7 Å². The number of carbonyl (C=O) groups is 1. The first-order valence-corrected chi connectivity index (χ1v) is 13.4. The predicted molar refractivity (Wildman–Crippen MR) is 136 cm³/mol. The van der Waals surface area contributed by atoms with Crippen LogP contribution in [0.3, 0.4) is 0 Å². The minimum atomic E-state index is -0.297. The molecule has 6 rings (SSSR count). The van der Waals surface area contributed by atoms with Gasteiger partial charge in [-0.3, -0.25) is 14.7 Å². The van der Waals surface area contributed by atoms with Crippen LogP contribution in [0.2, 0.25) is 0 Å². The van der Waals surface area contributed by atoms with E-state index in [2.05, 4.69) is 24.0 Å². The van der Waals surface area contributed by atoms with Crippen LogP contribution in [0.4, 0.5) is 4.39 Å². The average Bonchev–Trinajstić information content (AvgIpc) is 3.57. The number of amides is 1. The van der Waals surface area contributed by atoms with Gasteiger partial charge in [-0.15, -0.1) is 5.10 Å². The number of piperidine rings is 2. The van der Waals surface area contributed by atoms with Gasteiger partial charge < -0.3 is 9.47 Å². The van der Waals surface area contributed by atoms with Crippen LogP contribution in [0.15, 0.2) is 48.0 Å². The fourth-order valence-corrected chi connectivity index (χ4v) is 5.98. The second-order valence-electron chi connectivity index (χ2n) is 9.66. The molecule has 1 amide bonds. The van der Waals surface area contributed by atoms with E-state index in [0.717, 1.165) is 81.1 Å². The highest BCUT2D eigenvalue weighted by Gasteiger charge is 2.32. The van der Waals surface area contributed by atoms with Gasteiger partial charge in [0.05, 0.1) is 16.7 Å². The van der Waals surface area contributed by atoms with Crippen molar-refractivity contribution < 1.29 is 9.18 Å². The van der Waals surface area contributed by atoms with Gasteiger partial charge in [0.15, 0.2) is 5.82 Å². The predicted octanol–water partition coefficient (Wildman–Crippen LogP) is 4.16. The SMILES string of the molecule is O=C(C1CCN(Cc2csnn2)CC1)N1CCC(n2c(-c3ccccn3)nc3cc(F)ccc32)CC1. The summed E-state index contributed by atoms with van der Waals surface area (Å²) in [6.45, 7) is 4.07. The zero-order valence-corrected chi connectivity index (χ0v) is 20.8. The van der Waals surface area contributed by atoms with Gasteiger partial charge >= 0.3 is 0 Å². The van der Waals surface area contributed by atoms with Gasteiger partial charge in [0.1, 0.15) is 11.5 Å². The maximum absolute atomic E-state index is 13.9. The minimum Gasteiger partial charge on any atom is -0.342 e. The molecule has 0 saturated carbocycles. The lowest BCUT2D eigenvalue weighted by molar-refractivity contribution is -0.138. The minimum absolute atomic E-state index is 0.0903. The van der Waals surface area contributed by atoms with Gasteiger partial charge in [-0.05, 0) is 74.6 Å². The Hall–Kier alpha value is -3.24. The third kappa shape index (κ3) is 4.62. The number of pyridine rings is 1. The molecule has 2 saturated heterocycles. The first-order valence-electron chi connectivity index (χ1n) is 12.5. The highest BCUT2D eigenvalue weighted by molar-refractivity contribution is 7.03. The summed E-state index contributed by atoms with van der Waals surface area (Å²) in [6, 6.07) is 10.7. The summed E-state index contributed by atoms with van der Waals surface area (Å²) in [5.74, 6) is 0.830. The molecule has 0 spiro atoms. The van der Waals surface area contributed by atoms with E-state index in [1.54, 1.807) is 12.3 Å². The lowest BCUT2D eigenvalue weighted by atomic mass is 9.93. The Morgan fingerprint density at radius 2 is 1.89 bits per heavy atom. The van der Waals surface area contributed by atoms with Gasteiger partial charge in [-0.25, -0.2) is 9.37 Å². The molecule has 5 heterocycles. The van der Waals surface area contributed by atoms with E-state index >= 15 is 0 Å². The molecule has 8 nitrogen and oxygen atoms in total. The zero-order valence-electron chi connectivity index (χ0n) is 20.0. The van der Waals surface area contributed by atoms with Gasteiger partial charge in [-0.2, -0.15) is 0 Å². The second-order valence-corrected chi connectivity index (χ2v) is 10.3. The fraction of sp³-hybridized carbons (Fsp3) is 0.423. The van der Waals surface area contributed by atoms with Crippen molar-refractivity contribution in [3.63, 3.8) is 0 Å². The molecule has 0 N–H and O–H groups in total. The van der Waals surface area contributed by atoms with Gasteiger partial charge in [-0.1, -0.05) is 10.6 Å². The molecule has 0 atom stereocenters. The Bertz CT molecular complexity index is 1330. The number of halogens is 1. The summed E-state index contributed by atoms with van der Waals surface area (Å²) in [4.78, 5) is 27.0. The van der Waals surface area contributed by atoms with Crippen LogP contribution in [-0.4, -0.2) is 66.0 Å². The molecule has 1 aromatic carbocycles. The third-order valence-corrected chi connectivity index (χ3v) is 7.97. The number of rotatable bonds is 5. The van der Waals surface area contributed by atoms with Crippen LogP contribution >= 0.6 is 11.5 Å². The quantitative estimate of drug-likeness (QED) is 0.405. The number of aromatic nitrogens is 5. The van der Waals surface area contributed by atoms with E-state index in [0.29, 0.717) is 5.52 Å². The summed E-state index contributed by atoms with van der Waals surface area (Å²) in [5, 5.41) is 6.12. The van der Waals surface area contributed by atoms with Crippen molar-refractivity contribution in [2.75, 3.05) is 26.2 Å². The Morgan fingerprint density at radius 3 is 2.61 bits per heavy atom. The summed E-state index contributed by atoms with van der Waals surface area (Å²) < 4.78 is 20.1. The molecule has 2 aliphatic rings. The molecule has 3 aromatic heterocycles. The van der Waals surface area contributed by atoms with Crippen LogP contribution in [-0.2, 0) is 11.3 Å². The van der Waals surface area contributed by atoms with Crippen molar-refractivity contribution in [3.05, 3.63) is 59.5 Å². The van der Waals surface area contributed by atoms with E-state index in [9.17, 15) is 9.18 Å². The lowest BCUT2D eigenvalue weighted by Crippen LogP contribution is -2.45. The van der Waals surface area contributed by atoms with E-state index in [-0.39, 0.29) is 23.7 Å². The first-order chi connectivity index (χ1) is 17.7. The van der Waals surface area contributed by atoms with E-state index < -0.39 is 0 Å². The first kappa shape index (κ1) is 23.2. The number of imidazole rings is 1. The van der Waals surface area contributed by atoms with Crippen molar-refractivity contribution in [2.24, 2.45) is 5.92 Å². The molecular weight excluding hydrogens is 477 g/mol. The van der Waals surface area contributed by atoms with Crippen molar-refractivity contribution in [1.82, 2.24) is 33.9 Å². The van der Waals surface area contributed by atoms with Gasteiger partial charge in [0.2, 0.25) is 5.91 Å². The molecule has 10 heteroatoms. The highest BCUT2D eigenvalue weighted by atomic mass is 32.1. The third-order valence-electron chi connectivity index (χ3n) is 7.41. The van der Waals surface area contributed by atoms with Crippen molar-refractivity contribution in [1.29, 1.82) is 0 Å². The molecule has 0 aliphatic carbocycles. The highest BCUT2D eigenvalue weighted by Crippen LogP contribution is 2.34. The number of likely N-dealkylation sites (tertiary alicyclic amines) is 2. The van der Waals surface area contributed by atoms with Crippen LogP contribution in [0.5, 0.6) is 0 Å². The molecule has 36 heavy (non-hydrogen) atoms. The number of carbonyl (C=O) groups excluding carboxylic acids is 1. The van der Waals surface area contributed by atoms with Crippen LogP contribution in [0.25, 0.3) is 22.6 Å². The topological polar surface area (TPSA) is 80.0 Å². The second kappa shape index (κ2) is 10.0. The fourth-order valence-electron chi connectivity index (χ4n) is 5.54. The Labute approximate surface area is 212 Å². The number of hydrogen-bond donors (Lipinski definition) is 0. The van der Waals surface area contributed by atoms with Gasteiger partial charge in [0.25, 0.3) is 0 Å². The van der Waals surface area contributed by atoms with Crippen LogP contribution in [0, 0.1) is 11.7 Å². The number of benzene rings is 1. The maximum atomic E-state index is 13.9. The largest absolute Gasteiger partial charge is 0.342 e. The molecule has 186 valence electrons. The summed E-state index contributed by atoms with van der Waals surface area (Å²) >= 11 is 1.38. The molecule has 4 aromatic rings. The average molecular weight is 506 g/mol. The Balaban J connectivity index is 1.13. The molecule has 2 aliphatic heterocycles. The van der Waals surface area contributed by atoms with Crippen LogP contribution < -0.4 is 0 Å². The molecular formula is C26H28FN7OS. The molecule has 0 unspecified atom stereocenters. The lowest BCUT2D eigenvalue weighted by Gasteiger charge is -2.37.